The van der Waals surface area contributed by atoms with Crippen LogP contribution in [0, 0.1) is 5.92 Å². The van der Waals surface area contributed by atoms with E-state index in [9.17, 15) is 0 Å². The fourth-order valence-corrected chi connectivity index (χ4v) is 4.65. The first-order valence-corrected chi connectivity index (χ1v) is 11.8. The molecule has 2 fully saturated rings. The number of hydrogen-bond donors (Lipinski definition) is 2. The smallest absolute Gasteiger partial charge is 0.191 e. The number of methoxy groups -OCH3 is 1. The average Bonchev–Trinajstić information content (AvgIpc) is 3.33. The van der Waals surface area contributed by atoms with Crippen LogP contribution < -0.4 is 15.4 Å². The molecule has 2 atom stereocenters. The number of likely N-dealkylation sites (tertiary alicyclic amines) is 1. The molecule has 0 saturated carbocycles. The number of aliphatic imine (C=N–C) groups is 1. The summed E-state index contributed by atoms with van der Waals surface area (Å²) in [5.74, 6) is 2.37. The van der Waals surface area contributed by atoms with Crippen molar-refractivity contribution < 1.29 is 9.47 Å². The predicted octanol–water partition coefficient (Wildman–Crippen LogP) is 2.35. The Bertz CT molecular complexity index is 667. The summed E-state index contributed by atoms with van der Waals surface area (Å²) in [5, 5.41) is 7.18. The summed E-state index contributed by atoms with van der Waals surface area (Å²) in [4.78, 5) is 9.61. The van der Waals surface area contributed by atoms with Crippen molar-refractivity contribution in [1.29, 1.82) is 0 Å². The van der Waals surface area contributed by atoms with Crippen LogP contribution >= 0.6 is 0 Å². The molecule has 1 aromatic rings. The molecule has 2 aliphatic rings. The van der Waals surface area contributed by atoms with Gasteiger partial charge in [0.2, 0.25) is 0 Å². The molecule has 2 aliphatic heterocycles. The molecule has 7 heteroatoms. The quantitative estimate of drug-likeness (QED) is 0.462. The first-order valence-electron chi connectivity index (χ1n) is 11.8. The summed E-state index contributed by atoms with van der Waals surface area (Å²) < 4.78 is 10.9. The molecule has 0 spiro atoms. The molecule has 0 bridgehead atoms. The lowest BCUT2D eigenvalue weighted by atomic mass is 10.0. The molecule has 0 amide bonds. The van der Waals surface area contributed by atoms with Gasteiger partial charge in [-0.1, -0.05) is 26.0 Å². The van der Waals surface area contributed by atoms with Gasteiger partial charge in [0.25, 0.3) is 0 Å². The molecule has 0 radical (unpaired) electrons. The van der Waals surface area contributed by atoms with Crippen LogP contribution in [0.1, 0.15) is 38.3 Å². The van der Waals surface area contributed by atoms with Gasteiger partial charge >= 0.3 is 0 Å². The highest BCUT2D eigenvalue weighted by molar-refractivity contribution is 5.79. The van der Waals surface area contributed by atoms with Gasteiger partial charge < -0.3 is 20.1 Å². The van der Waals surface area contributed by atoms with Crippen LogP contribution in [0.3, 0.4) is 0 Å². The second-order valence-electron chi connectivity index (χ2n) is 8.83. The molecule has 0 aromatic heterocycles. The largest absolute Gasteiger partial charge is 0.497 e. The Balaban J connectivity index is 1.61. The number of nitrogens with one attached hydrogen (secondary N) is 2. The Morgan fingerprint density at radius 2 is 1.65 bits per heavy atom. The van der Waals surface area contributed by atoms with Gasteiger partial charge in [-0.2, -0.15) is 0 Å². The molecule has 3 rings (SSSR count). The molecule has 1 aromatic carbocycles. The minimum atomic E-state index is 0.257. The van der Waals surface area contributed by atoms with Crippen molar-refractivity contribution in [3.63, 3.8) is 0 Å². The third kappa shape index (κ3) is 6.82. The summed E-state index contributed by atoms with van der Waals surface area (Å²) in [6, 6.07) is 9.21. The van der Waals surface area contributed by atoms with Gasteiger partial charge in [-0.3, -0.25) is 14.8 Å². The molecular formula is C24H41N5O2. The van der Waals surface area contributed by atoms with Crippen LogP contribution in [0.15, 0.2) is 29.3 Å². The first-order chi connectivity index (χ1) is 15.1. The zero-order valence-electron chi connectivity index (χ0n) is 19.8. The molecule has 2 N–H and O–H groups in total. The maximum absolute atomic E-state index is 5.58. The minimum Gasteiger partial charge on any atom is -0.497 e. The van der Waals surface area contributed by atoms with Crippen LogP contribution in [0.2, 0.25) is 0 Å². The number of ether oxygens (including phenoxy) is 2. The number of morpholine rings is 1. The SMILES string of the molecule is CN=C(NCC(c1ccc(OC)cc1)N1CCOCC1)NCC(C(C)C)N1CCCC1. The Morgan fingerprint density at radius 3 is 2.23 bits per heavy atom. The molecule has 2 unspecified atom stereocenters. The van der Waals surface area contributed by atoms with Crippen molar-refractivity contribution in [1.82, 2.24) is 20.4 Å². The number of benzene rings is 1. The average molecular weight is 432 g/mol. The zero-order chi connectivity index (χ0) is 22.1. The van der Waals surface area contributed by atoms with Crippen molar-refractivity contribution >= 4 is 5.96 Å². The lowest BCUT2D eigenvalue weighted by Gasteiger charge is -2.35. The monoisotopic (exact) mass is 431 g/mol. The standard InChI is InChI=1S/C24H41N5O2/c1-19(2)22(28-11-5-6-12-28)17-26-24(25-3)27-18-23(29-13-15-31-16-14-29)20-7-9-21(30-4)10-8-20/h7-10,19,22-23H,5-6,11-18H2,1-4H3,(H2,25,26,27). The van der Waals surface area contributed by atoms with Crippen molar-refractivity contribution in [3.05, 3.63) is 29.8 Å². The topological polar surface area (TPSA) is 61.4 Å². The van der Waals surface area contributed by atoms with E-state index in [-0.39, 0.29) is 6.04 Å². The fraction of sp³-hybridized carbons (Fsp3) is 0.708. The summed E-state index contributed by atoms with van der Waals surface area (Å²) in [7, 11) is 3.56. The number of rotatable bonds is 9. The van der Waals surface area contributed by atoms with E-state index in [1.165, 1.54) is 31.5 Å². The molecule has 174 valence electrons. The molecule has 31 heavy (non-hydrogen) atoms. The molecule has 2 saturated heterocycles. The van der Waals surface area contributed by atoms with Gasteiger partial charge in [0, 0.05) is 39.3 Å². The van der Waals surface area contributed by atoms with Crippen molar-refractivity contribution in [3.8, 4) is 5.75 Å². The summed E-state index contributed by atoms with van der Waals surface area (Å²) >= 11 is 0. The van der Waals surface area contributed by atoms with Crippen LogP contribution in [0.5, 0.6) is 5.75 Å². The predicted molar refractivity (Wildman–Crippen MR) is 127 cm³/mol. The van der Waals surface area contributed by atoms with E-state index in [2.05, 4.69) is 51.4 Å². The Hall–Kier alpha value is -1.83. The van der Waals surface area contributed by atoms with E-state index in [1.807, 2.05) is 19.2 Å². The van der Waals surface area contributed by atoms with E-state index >= 15 is 0 Å². The van der Waals surface area contributed by atoms with Gasteiger partial charge in [0.15, 0.2) is 5.96 Å². The van der Waals surface area contributed by atoms with Gasteiger partial charge in [-0.05, 0) is 49.5 Å². The minimum absolute atomic E-state index is 0.257. The highest BCUT2D eigenvalue weighted by Crippen LogP contribution is 2.24. The highest BCUT2D eigenvalue weighted by atomic mass is 16.5. The van der Waals surface area contributed by atoms with Crippen molar-refractivity contribution in [2.75, 3.05) is 66.6 Å². The maximum atomic E-state index is 5.58. The number of guanidine groups is 1. The van der Waals surface area contributed by atoms with Crippen molar-refractivity contribution in [2.45, 2.75) is 38.8 Å². The lowest BCUT2D eigenvalue weighted by molar-refractivity contribution is 0.0170. The number of nitrogens with zero attached hydrogens (tertiary/aromatic N) is 3. The van der Waals surface area contributed by atoms with Crippen LogP contribution in [0.4, 0.5) is 0 Å². The second-order valence-corrected chi connectivity index (χ2v) is 8.83. The first kappa shape index (κ1) is 23.8. The Kier molecular flexibility index (Phi) is 9.43. The van der Waals surface area contributed by atoms with Gasteiger partial charge in [0.05, 0.1) is 26.4 Å². The summed E-state index contributed by atoms with van der Waals surface area (Å²) in [6.45, 7) is 12.2. The van der Waals surface area contributed by atoms with E-state index in [0.29, 0.717) is 12.0 Å². The Morgan fingerprint density at radius 1 is 1.00 bits per heavy atom. The van der Waals surface area contributed by atoms with E-state index in [1.54, 1.807) is 7.11 Å². The maximum Gasteiger partial charge on any atom is 0.191 e. The fourth-order valence-electron chi connectivity index (χ4n) is 4.65. The summed E-state index contributed by atoms with van der Waals surface area (Å²) in [5.41, 5.74) is 1.28. The molecule has 2 heterocycles. The van der Waals surface area contributed by atoms with E-state index in [4.69, 9.17) is 9.47 Å². The molecule has 0 aliphatic carbocycles. The third-order valence-corrected chi connectivity index (χ3v) is 6.53. The highest BCUT2D eigenvalue weighted by Gasteiger charge is 2.26. The number of hydrogen-bond acceptors (Lipinski definition) is 5. The van der Waals surface area contributed by atoms with Gasteiger partial charge in [-0.25, -0.2) is 0 Å². The van der Waals surface area contributed by atoms with Crippen molar-refractivity contribution in [2.24, 2.45) is 10.9 Å². The molecular weight excluding hydrogens is 390 g/mol. The Labute approximate surface area is 188 Å². The third-order valence-electron chi connectivity index (χ3n) is 6.53. The molecule has 7 nitrogen and oxygen atoms in total. The normalized spacial score (nSPS) is 20.6. The van der Waals surface area contributed by atoms with Crippen LogP contribution in [0.25, 0.3) is 0 Å². The lowest BCUT2D eigenvalue weighted by Crippen LogP contribution is -2.50. The van der Waals surface area contributed by atoms with Crippen LogP contribution in [-0.4, -0.2) is 88.4 Å². The van der Waals surface area contributed by atoms with Gasteiger partial charge in [-0.15, -0.1) is 0 Å². The van der Waals surface area contributed by atoms with E-state index in [0.717, 1.165) is 51.1 Å². The summed E-state index contributed by atoms with van der Waals surface area (Å²) in [6.07, 6.45) is 2.64. The zero-order valence-corrected chi connectivity index (χ0v) is 19.8. The van der Waals surface area contributed by atoms with Gasteiger partial charge in [0.1, 0.15) is 5.75 Å². The van der Waals surface area contributed by atoms with E-state index < -0.39 is 0 Å². The van der Waals surface area contributed by atoms with Crippen LogP contribution in [-0.2, 0) is 4.74 Å². The second kappa shape index (κ2) is 12.3.